The van der Waals surface area contributed by atoms with E-state index < -0.39 is 41.8 Å². The second-order valence-corrected chi connectivity index (χ2v) is 4.86. The SMILES string of the molecule is CC(C(=O)O)C(CC(=O)OC(C)(C)C)C(=O)O. The number of carbonyl (C=O) groups excluding carboxylic acids is 1. The number of ether oxygens (including phenoxy) is 1. The van der Waals surface area contributed by atoms with Gasteiger partial charge in [-0.05, 0) is 20.8 Å². The molecule has 0 spiro atoms. The van der Waals surface area contributed by atoms with Crippen LogP contribution in [0.4, 0.5) is 0 Å². The summed E-state index contributed by atoms with van der Waals surface area (Å²) in [6.07, 6.45) is -0.444. The van der Waals surface area contributed by atoms with E-state index in [9.17, 15) is 14.4 Å². The van der Waals surface area contributed by atoms with Gasteiger partial charge in [-0.15, -0.1) is 0 Å². The summed E-state index contributed by atoms with van der Waals surface area (Å²) in [5, 5.41) is 17.6. The van der Waals surface area contributed by atoms with E-state index >= 15 is 0 Å². The number of hydrogen-bond donors (Lipinski definition) is 2. The van der Waals surface area contributed by atoms with Gasteiger partial charge in [0.25, 0.3) is 0 Å². The molecule has 6 heteroatoms. The molecule has 0 radical (unpaired) electrons. The maximum Gasteiger partial charge on any atom is 0.307 e. The Morgan fingerprint density at radius 1 is 1.12 bits per heavy atom. The summed E-state index contributed by atoms with van der Waals surface area (Å²) in [6.45, 7) is 6.22. The van der Waals surface area contributed by atoms with Crippen LogP contribution in [0, 0.1) is 11.8 Å². The zero-order chi connectivity index (χ0) is 13.8. The molecule has 0 aromatic rings. The molecular weight excluding hydrogens is 228 g/mol. The molecule has 2 unspecified atom stereocenters. The van der Waals surface area contributed by atoms with Crippen LogP contribution >= 0.6 is 0 Å². The third-order valence-electron chi connectivity index (χ3n) is 2.12. The summed E-state index contributed by atoms with van der Waals surface area (Å²) >= 11 is 0. The third-order valence-corrected chi connectivity index (χ3v) is 2.12. The van der Waals surface area contributed by atoms with Crippen LogP contribution in [-0.2, 0) is 19.1 Å². The summed E-state index contributed by atoms with van der Waals surface area (Å²) in [5.41, 5.74) is -0.716. The molecule has 2 N–H and O–H groups in total. The summed E-state index contributed by atoms with van der Waals surface area (Å²) in [6, 6.07) is 0. The van der Waals surface area contributed by atoms with Gasteiger partial charge in [-0.25, -0.2) is 0 Å². The Kier molecular flexibility index (Phi) is 5.12. The largest absolute Gasteiger partial charge is 0.481 e. The van der Waals surface area contributed by atoms with Gasteiger partial charge in [0.2, 0.25) is 0 Å². The van der Waals surface area contributed by atoms with Gasteiger partial charge in [0.1, 0.15) is 5.60 Å². The third kappa shape index (κ3) is 5.89. The fraction of sp³-hybridized carbons (Fsp3) is 0.727. The van der Waals surface area contributed by atoms with Gasteiger partial charge in [-0.2, -0.15) is 0 Å². The molecular formula is C11H18O6. The minimum absolute atomic E-state index is 0.444. The zero-order valence-corrected chi connectivity index (χ0v) is 10.4. The average Bonchev–Trinajstić information content (AvgIpc) is 2.09. The van der Waals surface area contributed by atoms with E-state index in [1.165, 1.54) is 6.92 Å². The minimum Gasteiger partial charge on any atom is -0.481 e. The highest BCUT2D eigenvalue weighted by Gasteiger charge is 2.33. The molecule has 0 aliphatic rings. The van der Waals surface area contributed by atoms with E-state index in [0.29, 0.717) is 0 Å². The van der Waals surface area contributed by atoms with Crippen molar-refractivity contribution in [3.63, 3.8) is 0 Å². The molecule has 0 aliphatic carbocycles. The first kappa shape index (κ1) is 15.4. The van der Waals surface area contributed by atoms with Gasteiger partial charge in [-0.3, -0.25) is 14.4 Å². The maximum atomic E-state index is 11.4. The molecule has 0 aromatic carbocycles. The van der Waals surface area contributed by atoms with Crippen molar-refractivity contribution < 1.29 is 29.3 Å². The Balaban J connectivity index is 4.62. The number of aliphatic carboxylic acids is 2. The lowest BCUT2D eigenvalue weighted by atomic mass is 9.91. The summed E-state index contributed by atoms with van der Waals surface area (Å²) in [7, 11) is 0. The zero-order valence-electron chi connectivity index (χ0n) is 10.4. The Labute approximate surface area is 99.6 Å². The van der Waals surface area contributed by atoms with Crippen LogP contribution < -0.4 is 0 Å². The van der Waals surface area contributed by atoms with E-state index in [4.69, 9.17) is 14.9 Å². The van der Waals surface area contributed by atoms with Gasteiger partial charge in [0.05, 0.1) is 18.3 Å². The predicted octanol–water partition coefficient (Wildman–Crippen LogP) is 1.14. The topological polar surface area (TPSA) is 101 Å². The van der Waals surface area contributed by atoms with E-state index in [-0.39, 0.29) is 0 Å². The quantitative estimate of drug-likeness (QED) is 0.705. The van der Waals surface area contributed by atoms with Crippen molar-refractivity contribution in [2.75, 3.05) is 0 Å². The molecule has 98 valence electrons. The number of rotatable bonds is 5. The van der Waals surface area contributed by atoms with Gasteiger partial charge < -0.3 is 14.9 Å². The Hall–Kier alpha value is -1.59. The molecule has 0 heterocycles. The smallest absolute Gasteiger partial charge is 0.307 e. The van der Waals surface area contributed by atoms with Crippen molar-refractivity contribution >= 4 is 17.9 Å². The van der Waals surface area contributed by atoms with Crippen molar-refractivity contribution in [2.45, 2.75) is 39.7 Å². The van der Waals surface area contributed by atoms with Crippen LogP contribution in [-0.4, -0.2) is 33.7 Å². The standard InChI is InChI=1S/C11H18O6/c1-6(9(13)14)7(10(15)16)5-8(12)17-11(2,3)4/h6-7H,5H2,1-4H3,(H,13,14)(H,15,16). The van der Waals surface area contributed by atoms with Crippen molar-refractivity contribution in [1.29, 1.82) is 0 Å². The molecule has 0 saturated heterocycles. The molecule has 2 atom stereocenters. The highest BCUT2D eigenvalue weighted by Crippen LogP contribution is 2.19. The second-order valence-electron chi connectivity index (χ2n) is 4.86. The van der Waals surface area contributed by atoms with Gasteiger partial charge in [0.15, 0.2) is 0 Å². The van der Waals surface area contributed by atoms with Gasteiger partial charge in [-0.1, -0.05) is 6.92 Å². The highest BCUT2D eigenvalue weighted by atomic mass is 16.6. The molecule has 17 heavy (non-hydrogen) atoms. The fourth-order valence-electron chi connectivity index (χ4n) is 1.21. The van der Waals surface area contributed by atoms with E-state index in [1.54, 1.807) is 20.8 Å². The van der Waals surface area contributed by atoms with Crippen LogP contribution in [0.3, 0.4) is 0 Å². The van der Waals surface area contributed by atoms with Crippen molar-refractivity contribution in [2.24, 2.45) is 11.8 Å². The Morgan fingerprint density at radius 2 is 1.59 bits per heavy atom. The monoisotopic (exact) mass is 246 g/mol. The summed E-state index contributed by atoms with van der Waals surface area (Å²) in [4.78, 5) is 33.0. The fourth-order valence-corrected chi connectivity index (χ4v) is 1.21. The van der Waals surface area contributed by atoms with E-state index in [2.05, 4.69) is 0 Å². The normalized spacial score (nSPS) is 14.8. The summed E-state index contributed by atoms with van der Waals surface area (Å²) in [5.74, 6) is -5.69. The molecule has 0 saturated carbocycles. The molecule has 0 amide bonds. The number of hydrogen-bond acceptors (Lipinski definition) is 4. The first-order chi connectivity index (χ1) is 7.54. The molecule has 0 bridgehead atoms. The number of carboxylic acid groups (broad SMARTS) is 2. The second kappa shape index (κ2) is 5.65. The summed E-state index contributed by atoms with van der Waals surface area (Å²) < 4.78 is 4.95. The van der Waals surface area contributed by atoms with E-state index in [0.717, 1.165) is 0 Å². The van der Waals surface area contributed by atoms with E-state index in [1.807, 2.05) is 0 Å². The maximum absolute atomic E-state index is 11.4. The van der Waals surface area contributed by atoms with Gasteiger partial charge >= 0.3 is 17.9 Å². The molecule has 0 aliphatic heterocycles. The van der Waals surface area contributed by atoms with Crippen LogP contribution in [0.5, 0.6) is 0 Å². The van der Waals surface area contributed by atoms with Crippen LogP contribution in [0.15, 0.2) is 0 Å². The van der Waals surface area contributed by atoms with Crippen molar-refractivity contribution in [1.82, 2.24) is 0 Å². The Bertz CT molecular complexity index is 314. The van der Waals surface area contributed by atoms with Crippen LogP contribution in [0.1, 0.15) is 34.1 Å². The predicted molar refractivity (Wildman–Crippen MR) is 58.4 cm³/mol. The first-order valence-electron chi connectivity index (χ1n) is 5.22. The van der Waals surface area contributed by atoms with Crippen molar-refractivity contribution in [3.8, 4) is 0 Å². The lowest BCUT2D eigenvalue weighted by Crippen LogP contribution is -2.32. The number of carboxylic acids is 2. The number of carbonyl (C=O) groups is 3. The highest BCUT2D eigenvalue weighted by molar-refractivity contribution is 5.84. The Morgan fingerprint density at radius 3 is 1.88 bits per heavy atom. The molecule has 0 rings (SSSR count). The lowest BCUT2D eigenvalue weighted by molar-refractivity contribution is -0.163. The van der Waals surface area contributed by atoms with Crippen molar-refractivity contribution in [3.05, 3.63) is 0 Å². The first-order valence-corrected chi connectivity index (χ1v) is 5.22. The minimum atomic E-state index is -1.31. The van der Waals surface area contributed by atoms with Crippen LogP contribution in [0.2, 0.25) is 0 Å². The number of esters is 1. The van der Waals surface area contributed by atoms with Gasteiger partial charge in [0, 0.05) is 0 Å². The lowest BCUT2D eigenvalue weighted by Gasteiger charge is -2.22. The molecule has 0 fully saturated rings. The molecule has 6 nitrogen and oxygen atoms in total. The molecule has 0 aromatic heterocycles. The van der Waals surface area contributed by atoms with Crippen LogP contribution in [0.25, 0.3) is 0 Å². The average molecular weight is 246 g/mol.